The summed E-state index contributed by atoms with van der Waals surface area (Å²) in [4.78, 5) is 6.90. The fourth-order valence-corrected chi connectivity index (χ4v) is 6.08. The predicted octanol–water partition coefficient (Wildman–Crippen LogP) is 11.1. The SMILES string of the molecule is CC(=NC([NH-])N(c1ccc2c(c1)oc1ccccc12)c1cccc2oc3ccccc3c12)c1ccc(-c2ccccc2)cc1. The Bertz CT molecular complexity index is 2310. The molecule has 1 atom stereocenters. The summed E-state index contributed by atoms with van der Waals surface area (Å²) in [6.45, 7) is 1.97. The highest BCUT2D eigenvalue weighted by Gasteiger charge is 2.20. The summed E-state index contributed by atoms with van der Waals surface area (Å²) in [6, 6.07) is 46.9. The van der Waals surface area contributed by atoms with Crippen LogP contribution in [0.25, 0.3) is 60.7 Å². The summed E-state index contributed by atoms with van der Waals surface area (Å²) >= 11 is 0. The molecule has 44 heavy (non-hydrogen) atoms. The monoisotopic (exact) mass is 570 g/mol. The maximum atomic E-state index is 9.49. The average Bonchev–Trinajstić information content (AvgIpc) is 3.64. The van der Waals surface area contributed by atoms with Gasteiger partial charge in [0.2, 0.25) is 0 Å². The van der Waals surface area contributed by atoms with E-state index in [1.165, 1.54) is 5.56 Å². The van der Waals surface area contributed by atoms with Gasteiger partial charge in [-0.25, -0.2) is 0 Å². The van der Waals surface area contributed by atoms with Gasteiger partial charge in [-0.3, -0.25) is 4.99 Å². The molecule has 0 radical (unpaired) electrons. The molecule has 0 aliphatic heterocycles. The number of anilines is 2. The molecule has 8 rings (SSSR count). The number of nitrogens with zero attached hydrogens (tertiary/aromatic N) is 2. The van der Waals surface area contributed by atoms with Crippen LogP contribution in [0.5, 0.6) is 0 Å². The number of rotatable bonds is 6. The van der Waals surface area contributed by atoms with Gasteiger partial charge in [0, 0.05) is 39.9 Å². The van der Waals surface area contributed by atoms with Gasteiger partial charge in [-0.2, -0.15) is 0 Å². The normalized spacial score (nSPS) is 12.8. The lowest BCUT2D eigenvalue weighted by Gasteiger charge is -2.35. The van der Waals surface area contributed by atoms with Crippen LogP contribution in [-0.2, 0) is 0 Å². The predicted molar refractivity (Wildman–Crippen MR) is 182 cm³/mol. The molecule has 0 bridgehead atoms. The minimum atomic E-state index is -0.982. The van der Waals surface area contributed by atoms with Crippen LogP contribution in [-0.4, -0.2) is 12.0 Å². The van der Waals surface area contributed by atoms with E-state index in [4.69, 9.17) is 13.8 Å². The van der Waals surface area contributed by atoms with Crippen molar-refractivity contribution >= 4 is 61.0 Å². The quantitative estimate of drug-likeness (QED) is 0.187. The number of aliphatic imine (C=N–C) groups is 1. The van der Waals surface area contributed by atoms with Crippen molar-refractivity contribution in [2.24, 2.45) is 4.99 Å². The van der Waals surface area contributed by atoms with E-state index in [0.717, 1.165) is 72.1 Å². The Hall–Kier alpha value is -5.65. The van der Waals surface area contributed by atoms with E-state index < -0.39 is 6.29 Å². The lowest BCUT2D eigenvalue weighted by atomic mass is 10.0. The third kappa shape index (κ3) is 4.42. The fourth-order valence-electron chi connectivity index (χ4n) is 6.08. The maximum absolute atomic E-state index is 9.49. The summed E-state index contributed by atoms with van der Waals surface area (Å²) in [5.41, 5.74) is 18.4. The molecule has 0 spiro atoms. The van der Waals surface area contributed by atoms with Crippen LogP contribution in [0.2, 0.25) is 0 Å². The van der Waals surface area contributed by atoms with Crippen LogP contribution in [0.1, 0.15) is 12.5 Å². The summed E-state index contributed by atoms with van der Waals surface area (Å²) in [7, 11) is 0. The molecule has 0 aliphatic carbocycles. The van der Waals surface area contributed by atoms with Gasteiger partial charge in [0.25, 0.3) is 0 Å². The highest BCUT2D eigenvalue weighted by atomic mass is 16.3. The molecule has 0 aliphatic rings. The van der Waals surface area contributed by atoms with Gasteiger partial charge in [-0.1, -0.05) is 97.1 Å². The van der Waals surface area contributed by atoms with Gasteiger partial charge in [0.15, 0.2) is 0 Å². The van der Waals surface area contributed by atoms with E-state index in [-0.39, 0.29) is 0 Å². The van der Waals surface area contributed by atoms with E-state index in [9.17, 15) is 5.73 Å². The third-order valence-electron chi connectivity index (χ3n) is 8.25. The number of furan rings is 2. The Labute approximate surface area is 254 Å². The first-order chi connectivity index (χ1) is 21.6. The maximum Gasteiger partial charge on any atom is 0.137 e. The van der Waals surface area contributed by atoms with Crippen molar-refractivity contribution in [1.29, 1.82) is 0 Å². The Morgan fingerprint density at radius 1 is 0.591 bits per heavy atom. The second-order valence-corrected chi connectivity index (χ2v) is 10.9. The first-order valence-corrected chi connectivity index (χ1v) is 14.7. The van der Waals surface area contributed by atoms with Crippen LogP contribution < -0.4 is 4.90 Å². The van der Waals surface area contributed by atoms with Crippen molar-refractivity contribution in [3.63, 3.8) is 0 Å². The largest absolute Gasteiger partial charge is 0.637 e. The lowest BCUT2D eigenvalue weighted by Crippen LogP contribution is -2.27. The molecule has 0 saturated heterocycles. The summed E-state index contributed by atoms with van der Waals surface area (Å²) in [6.07, 6.45) is -0.982. The molecular formula is C39H28N3O2-. The summed E-state index contributed by atoms with van der Waals surface area (Å²) in [5.74, 6) is 0. The number of benzene rings is 6. The molecule has 1 N–H and O–H groups in total. The highest BCUT2D eigenvalue weighted by molar-refractivity contribution is 6.13. The van der Waals surface area contributed by atoms with E-state index >= 15 is 0 Å². The first-order valence-electron chi connectivity index (χ1n) is 14.7. The summed E-state index contributed by atoms with van der Waals surface area (Å²) in [5, 5.41) is 4.05. The van der Waals surface area contributed by atoms with Gasteiger partial charge in [0.1, 0.15) is 22.3 Å². The van der Waals surface area contributed by atoms with E-state index in [2.05, 4.69) is 54.6 Å². The Morgan fingerprint density at radius 3 is 2.00 bits per heavy atom. The topological polar surface area (TPSA) is 65.7 Å². The first kappa shape index (κ1) is 26.0. The molecule has 5 heteroatoms. The van der Waals surface area contributed by atoms with Crippen molar-refractivity contribution < 1.29 is 8.83 Å². The molecular weight excluding hydrogens is 542 g/mol. The second kappa shape index (κ2) is 10.6. The van der Waals surface area contributed by atoms with Gasteiger partial charge in [-0.05, 0) is 60.0 Å². The molecule has 2 aromatic heterocycles. The van der Waals surface area contributed by atoms with Crippen molar-refractivity contribution in [3.8, 4) is 11.1 Å². The molecule has 0 fully saturated rings. The molecule has 6 aromatic carbocycles. The zero-order chi connectivity index (χ0) is 29.6. The molecule has 5 nitrogen and oxygen atoms in total. The van der Waals surface area contributed by atoms with E-state index in [1.54, 1.807) is 0 Å². The third-order valence-corrected chi connectivity index (χ3v) is 8.25. The lowest BCUT2D eigenvalue weighted by molar-refractivity contribution is 0.668. The zero-order valence-electron chi connectivity index (χ0n) is 24.1. The van der Waals surface area contributed by atoms with Crippen molar-refractivity contribution in [1.82, 2.24) is 0 Å². The van der Waals surface area contributed by atoms with Crippen LogP contribution >= 0.6 is 0 Å². The second-order valence-electron chi connectivity index (χ2n) is 10.9. The van der Waals surface area contributed by atoms with Crippen LogP contribution in [0.4, 0.5) is 11.4 Å². The molecule has 0 amide bonds. The van der Waals surface area contributed by atoms with Crippen molar-refractivity contribution in [3.05, 3.63) is 151 Å². The standard InChI is InChI=1S/C39H28N3O2/c1-25(26-18-20-28(21-19-26)27-10-3-2-4-11-27)41-39(40)42(29-22-23-31-30-12-5-7-15-34(30)44-37(31)24-29)33-14-9-17-36-38(33)32-13-6-8-16-35(32)43-36/h2-24,39-40H,1H3/q-1. The van der Waals surface area contributed by atoms with Crippen molar-refractivity contribution in [2.75, 3.05) is 4.90 Å². The van der Waals surface area contributed by atoms with Crippen LogP contribution in [0, 0.1) is 0 Å². The molecule has 2 heterocycles. The smallest absolute Gasteiger partial charge is 0.137 e. The average molecular weight is 571 g/mol. The van der Waals surface area contributed by atoms with Gasteiger partial charge >= 0.3 is 0 Å². The minimum absolute atomic E-state index is 0.766. The minimum Gasteiger partial charge on any atom is -0.637 e. The number of nitrogens with one attached hydrogen (secondary N) is 1. The molecule has 0 saturated carbocycles. The number of hydrogen-bond donors (Lipinski definition) is 0. The van der Waals surface area contributed by atoms with Gasteiger partial charge < -0.3 is 19.5 Å². The van der Waals surface area contributed by atoms with Gasteiger partial charge in [-0.15, -0.1) is 0 Å². The molecule has 212 valence electrons. The van der Waals surface area contributed by atoms with Crippen LogP contribution in [0.3, 0.4) is 0 Å². The Balaban J connectivity index is 1.26. The number of hydrogen-bond acceptors (Lipinski definition) is 4. The highest BCUT2D eigenvalue weighted by Crippen LogP contribution is 2.41. The van der Waals surface area contributed by atoms with E-state index in [0.29, 0.717) is 0 Å². The number of fused-ring (bicyclic) bond motifs is 6. The van der Waals surface area contributed by atoms with Crippen molar-refractivity contribution in [2.45, 2.75) is 13.2 Å². The Kier molecular flexibility index (Phi) is 6.25. The zero-order valence-corrected chi connectivity index (χ0v) is 24.1. The Morgan fingerprint density at radius 2 is 1.20 bits per heavy atom. The molecule has 8 aromatic rings. The van der Waals surface area contributed by atoms with Crippen LogP contribution in [0.15, 0.2) is 153 Å². The van der Waals surface area contributed by atoms with Gasteiger partial charge in [0.05, 0.1) is 11.1 Å². The summed E-state index contributed by atoms with van der Waals surface area (Å²) < 4.78 is 12.5. The van der Waals surface area contributed by atoms with E-state index in [1.807, 2.05) is 96.8 Å². The molecule has 1 unspecified atom stereocenters. The number of para-hydroxylation sites is 2. The fraction of sp³-hybridized carbons (Fsp3) is 0.0513.